The molecule has 2 fully saturated rings. The summed E-state index contributed by atoms with van der Waals surface area (Å²) < 4.78 is 17.9. The third-order valence-corrected chi connectivity index (χ3v) is 14.8. The number of anilines is 4. The van der Waals surface area contributed by atoms with Gasteiger partial charge in [0.15, 0.2) is 0 Å². The molecule has 328 valence electrons. The van der Waals surface area contributed by atoms with Gasteiger partial charge in [-0.25, -0.2) is 9.97 Å². The van der Waals surface area contributed by atoms with E-state index in [0.29, 0.717) is 47.4 Å². The minimum absolute atomic E-state index is 0.377. The van der Waals surface area contributed by atoms with Crippen LogP contribution in [0, 0.1) is 0 Å². The zero-order valence-electron chi connectivity index (χ0n) is 36.1. The Morgan fingerprint density at radius 2 is 1.23 bits per heavy atom. The smallest absolute Gasteiger partial charge is 0.215 e. The van der Waals surface area contributed by atoms with Gasteiger partial charge in [0.25, 0.3) is 0 Å². The van der Waals surface area contributed by atoms with Crippen LogP contribution in [0.5, 0.6) is 23.0 Å². The molecule has 2 saturated carbocycles. The maximum atomic E-state index is 6.14. The highest BCUT2D eigenvalue weighted by Gasteiger charge is 2.25. The quantitative estimate of drug-likeness (QED) is 0.0584. The summed E-state index contributed by atoms with van der Waals surface area (Å²) >= 11 is 3.27. The van der Waals surface area contributed by atoms with Crippen molar-refractivity contribution in [2.24, 2.45) is 0 Å². The topological polar surface area (TPSA) is 172 Å². The molecule has 0 aliphatic heterocycles. The highest BCUT2D eigenvalue weighted by molar-refractivity contribution is 7.15. The lowest BCUT2D eigenvalue weighted by molar-refractivity contribution is 0.153. The first kappa shape index (κ1) is 43.2. The van der Waals surface area contributed by atoms with Crippen molar-refractivity contribution in [1.29, 1.82) is 0 Å². The summed E-state index contributed by atoms with van der Waals surface area (Å²) in [5.41, 5.74) is 3.07. The van der Waals surface area contributed by atoms with Crippen LogP contribution < -0.4 is 19.7 Å². The second kappa shape index (κ2) is 20.2. The molecule has 1 N–H and O–H groups in total. The minimum atomic E-state index is -1.19. The van der Waals surface area contributed by atoms with Crippen molar-refractivity contribution in [3.05, 3.63) is 108 Å². The standard InChI is InChI=1S/C26H32N6O2SSi.C20H18N6OS/c1-36(2,3)14-13-33-18-32(26-31-30-25(35-26)19-7-4-5-8-19)24-11-10-22-23(29-24)15-21(17-28-22)34-20-9-6-12-27-16-20;1-2-5-13(4-1)19-25-26-20(28-19)24-18-8-7-16-17(23-18)10-15(12-22-16)27-14-6-3-9-21-11-14/h6,9-12,15-17,19H,4-5,7-8,13-14,18H2,1-3H3;3,6-13H,1-2,4-5H2,(H,23,24,26). The molecule has 8 aromatic heterocycles. The van der Waals surface area contributed by atoms with Crippen molar-refractivity contribution in [3.8, 4) is 23.0 Å². The number of nitrogens with one attached hydrogen (secondary N) is 1. The summed E-state index contributed by atoms with van der Waals surface area (Å²) in [7, 11) is -1.19. The van der Waals surface area contributed by atoms with Crippen molar-refractivity contribution in [2.75, 3.05) is 23.6 Å². The van der Waals surface area contributed by atoms with Gasteiger partial charge in [-0.1, -0.05) is 68.0 Å². The molecule has 15 nitrogen and oxygen atoms in total. The summed E-state index contributed by atoms with van der Waals surface area (Å²) in [5.74, 6) is 5.08. The van der Waals surface area contributed by atoms with Crippen LogP contribution in [0.15, 0.2) is 97.8 Å². The summed E-state index contributed by atoms with van der Waals surface area (Å²) in [5, 5.41) is 24.8. The fraction of sp³-hybridized carbons (Fsp3) is 0.348. The van der Waals surface area contributed by atoms with Crippen LogP contribution in [-0.4, -0.2) is 71.7 Å². The molecule has 18 heteroatoms. The average Bonchev–Trinajstić information content (AvgIpc) is 4.16. The molecule has 10 rings (SSSR count). The second-order valence-electron chi connectivity index (χ2n) is 17.1. The van der Waals surface area contributed by atoms with Gasteiger partial charge in [0, 0.05) is 51.0 Å². The molecular formula is C46H50N12O3S2Si. The highest BCUT2D eigenvalue weighted by atomic mass is 32.1. The molecule has 8 heterocycles. The van der Waals surface area contributed by atoms with Crippen LogP contribution in [0.3, 0.4) is 0 Å². The van der Waals surface area contributed by atoms with Gasteiger partial charge in [-0.3, -0.25) is 24.8 Å². The summed E-state index contributed by atoms with van der Waals surface area (Å²) in [6, 6.07) is 20.0. The van der Waals surface area contributed by atoms with Crippen molar-refractivity contribution in [1.82, 2.24) is 50.3 Å². The van der Waals surface area contributed by atoms with Gasteiger partial charge >= 0.3 is 0 Å². The molecule has 0 amide bonds. The van der Waals surface area contributed by atoms with E-state index < -0.39 is 8.07 Å². The molecule has 2 aliphatic carbocycles. The molecule has 2 aliphatic rings. The van der Waals surface area contributed by atoms with E-state index in [1.54, 1.807) is 59.9 Å². The summed E-state index contributed by atoms with van der Waals surface area (Å²) in [6.07, 6.45) is 20.1. The van der Waals surface area contributed by atoms with Gasteiger partial charge in [0.2, 0.25) is 10.3 Å². The van der Waals surface area contributed by atoms with Gasteiger partial charge in [-0.05, 0) is 80.3 Å². The van der Waals surface area contributed by atoms with Crippen molar-refractivity contribution in [2.45, 2.75) is 88.9 Å². The van der Waals surface area contributed by atoms with Crippen molar-refractivity contribution < 1.29 is 14.2 Å². The molecule has 8 aromatic rings. The second-order valence-corrected chi connectivity index (χ2v) is 24.7. The van der Waals surface area contributed by atoms with Crippen LogP contribution in [0.4, 0.5) is 21.9 Å². The number of fused-ring (bicyclic) bond motifs is 2. The largest absolute Gasteiger partial charge is 0.454 e. The Morgan fingerprint density at radius 3 is 1.84 bits per heavy atom. The number of rotatable bonds is 15. The first-order valence-electron chi connectivity index (χ1n) is 21.8. The van der Waals surface area contributed by atoms with Crippen LogP contribution in [0.1, 0.15) is 73.2 Å². The van der Waals surface area contributed by atoms with Crippen molar-refractivity contribution >= 4 is 74.7 Å². The first-order chi connectivity index (χ1) is 31.3. The lowest BCUT2D eigenvalue weighted by atomic mass is 10.1. The van der Waals surface area contributed by atoms with Gasteiger partial charge in [0.05, 0.1) is 46.9 Å². The SMILES string of the molecule is C[Si](C)(C)CCOCN(c1ccc2ncc(Oc3cccnc3)cc2n1)c1nnc(C2CCCC2)s1.c1cncc(Oc2cnc3ccc(Nc4nnc(C5CCCC5)s4)nc3c2)c1. The van der Waals surface area contributed by atoms with E-state index in [9.17, 15) is 0 Å². The molecular weight excluding hydrogens is 861 g/mol. The first-order valence-corrected chi connectivity index (χ1v) is 27.1. The maximum absolute atomic E-state index is 6.14. The number of nitrogens with zero attached hydrogens (tertiary/aromatic N) is 11. The highest BCUT2D eigenvalue weighted by Crippen LogP contribution is 2.39. The third-order valence-electron chi connectivity index (χ3n) is 11.0. The number of aromatic nitrogens is 10. The lowest BCUT2D eigenvalue weighted by Crippen LogP contribution is -2.26. The molecule has 64 heavy (non-hydrogen) atoms. The Kier molecular flexibility index (Phi) is 13.6. The van der Waals surface area contributed by atoms with Crippen LogP contribution >= 0.6 is 22.7 Å². The fourth-order valence-corrected chi connectivity index (χ4v) is 10.2. The van der Waals surface area contributed by atoms with E-state index in [-0.39, 0.29) is 0 Å². The number of pyridine rings is 6. The Morgan fingerprint density at radius 1 is 0.641 bits per heavy atom. The lowest BCUT2D eigenvalue weighted by Gasteiger charge is -2.22. The normalized spacial score (nSPS) is 14.4. The van der Waals surface area contributed by atoms with Gasteiger partial charge in [0.1, 0.15) is 51.4 Å². The molecule has 0 atom stereocenters. The number of hydrogen-bond acceptors (Lipinski definition) is 17. The molecule has 0 unspecified atom stereocenters. The van der Waals surface area contributed by atoms with E-state index in [2.05, 4.69) is 70.3 Å². The number of hydrogen-bond donors (Lipinski definition) is 1. The zero-order chi connectivity index (χ0) is 43.7. The Bertz CT molecular complexity index is 2760. The van der Waals surface area contributed by atoms with Gasteiger partial charge < -0.3 is 19.5 Å². The number of ether oxygens (including phenoxy) is 3. The maximum Gasteiger partial charge on any atom is 0.215 e. The molecule has 0 spiro atoms. The van der Waals surface area contributed by atoms with Crippen LogP contribution in [0.2, 0.25) is 25.7 Å². The predicted octanol–water partition coefficient (Wildman–Crippen LogP) is 11.8. The van der Waals surface area contributed by atoms with Gasteiger partial charge in [-0.2, -0.15) is 0 Å². The van der Waals surface area contributed by atoms with Gasteiger partial charge in [-0.15, -0.1) is 20.4 Å². The molecule has 0 saturated heterocycles. The van der Waals surface area contributed by atoms with Crippen LogP contribution in [-0.2, 0) is 4.74 Å². The predicted molar refractivity (Wildman–Crippen MR) is 254 cm³/mol. The Balaban J connectivity index is 0.000000167. The zero-order valence-corrected chi connectivity index (χ0v) is 38.8. The monoisotopic (exact) mass is 910 g/mol. The Hall–Kier alpha value is -6.08. The molecule has 0 bridgehead atoms. The van der Waals surface area contributed by atoms with E-state index in [1.165, 1.54) is 51.4 Å². The summed E-state index contributed by atoms with van der Waals surface area (Å²) in [6.45, 7) is 8.17. The van der Waals surface area contributed by atoms with Crippen molar-refractivity contribution in [3.63, 3.8) is 0 Å². The van der Waals surface area contributed by atoms with E-state index >= 15 is 0 Å². The van der Waals surface area contributed by atoms with E-state index in [4.69, 9.17) is 19.2 Å². The average molecular weight is 911 g/mol. The Labute approximate surface area is 380 Å². The minimum Gasteiger partial charge on any atom is -0.454 e. The molecule has 0 radical (unpaired) electrons. The van der Waals surface area contributed by atoms with E-state index in [1.807, 2.05) is 65.6 Å². The third kappa shape index (κ3) is 11.3. The molecule has 0 aromatic carbocycles. The van der Waals surface area contributed by atoms with Crippen LogP contribution in [0.25, 0.3) is 22.1 Å². The van der Waals surface area contributed by atoms with E-state index in [0.717, 1.165) is 60.8 Å². The fourth-order valence-electron chi connectivity index (χ4n) is 7.54. The summed E-state index contributed by atoms with van der Waals surface area (Å²) in [4.78, 5) is 28.7.